The molecule has 1 amide bonds. The van der Waals surface area contributed by atoms with Gasteiger partial charge in [-0.25, -0.2) is 0 Å². The third-order valence-electron chi connectivity index (χ3n) is 3.71. The van der Waals surface area contributed by atoms with Gasteiger partial charge in [-0.3, -0.25) is 9.78 Å². The Kier molecular flexibility index (Phi) is 3.42. The summed E-state index contributed by atoms with van der Waals surface area (Å²) in [6, 6.07) is 3.65. The highest BCUT2D eigenvalue weighted by molar-refractivity contribution is 6.12. The Morgan fingerprint density at radius 2 is 2.16 bits per heavy atom. The van der Waals surface area contributed by atoms with Crippen molar-refractivity contribution in [3.8, 4) is 0 Å². The van der Waals surface area contributed by atoms with Crippen LogP contribution in [-0.2, 0) is 4.79 Å². The monoisotopic (exact) mass is 262 g/mol. The molecule has 1 heterocycles. The highest BCUT2D eigenvalue weighted by Gasteiger charge is 2.48. The lowest BCUT2D eigenvalue weighted by atomic mass is 9.67. The van der Waals surface area contributed by atoms with Crippen LogP contribution in [0.15, 0.2) is 17.3 Å². The van der Waals surface area contributed by atoms with Gasteiger partial charge in [-0.05, 0) is 38.8 Å². The molecule has 0 atom stereocenters. The molecule has 0 radical (unpaired) electrons. The van der Waals surface area contributed by atoms with E-state index in [0.29, 0.717) is 18.5 Å². The van der Waals surface area contributed by atoms with Crippen molar-refractivity contribution in [2.45, 2.75) is 33.1 Å². The van der Waals surface area contributed by atoms with Gasteiger partial charge >= 0.3 is 0 Å². The zero-order chi connectivity index (χ0) is 14.0. The summed E-state index contributed by atoms with van der Waals surface area (Å²) in [7, 11) is 0. The van der Waals surface area contributed by atoms with Gasteiger partial charge in [0.25, 0.3) is 0 Å². The van der Waals surface area contributed by atoms with Crippen molar-refractivity contribution >= 4 is 17.4 Å². The largest absolute Gasteiger partial charge is 0.409 e. The summed E-state index contributed by atoms with van der Waals surface area (Å²) in [5.41, 5.74) is 7.09. The Balaban J connectivity index is 2.21. The zero-order valence-electron chi connectivity index (χ0n) is 11.1. The van der Waals surface area contributed by atoms with Crippen LogP contribution in [0, 0.1) is 19.3 Å². The van der Waals surface area contributed by atoms with Gasteiger partial charge in [0, 0.05) is 5.69 Å². The lowest BCUT2D eigenvalue weighted by Gasteiger charge is -2.38. The van der Waals surface area contributed by atoms with E-state index in [2.05, 4.69) is 15.5 Å². The molecule has 2 rings (SSSR count). The fourth-order valence-electron chi connectivity index (χ4n) is 2.29. The van der Waals surface area contributed by atoms with E-state index >= 15 is 0 Å². The molecule has 102 valence electrons. The van der Waals surface area contributed by atoms with Crippen molar-refractivity contribution < 1.29 is 10.0 Å². The van der Waals surface area contributed by atoms with Crippen molar-refractivity contribution in [1.82, 2.24) is 4.98 Å². The number of oxime groups is 1. The minimum absolute atomic E-state index is 0.0195. The number of carbonyl (C=O) groups is 1. The van der Waals surface area contributed by atoms with E-state index in [0.717, 1.165) is 17.8 Å². The molecule has 1 aliphatic rings. The Bertz CT molecular complexity index is 535. The van der Waals surface area contributed by atoms with Gasteiger partial charge in [-0.2, -0.15) is 0 Å². The van der Waals surface area contributed by atoms with E-state index in [4.69, 9.17) is 10.9 Å². The van der Waals surface area contributed by atoms with Gasteiger partial charge in [0.2, 0.25) is 5.91 Å². The molecule has 1 aromatic rings. The molecular formula is C13H18N4O2. The molecule has 0 aromatic carbocycles. The average molecular weight is 262 g/mol. The molecule has 1 aromatic heterocycles. The average Bonchev–Trinajstić information content (AvgIpc) is 2.31. The number of nitrogens with two attached hydrogens (primary N) is 1. The number of pyridine rings is 1. The maximum Gasteiger partial charge on any atom is 0.238 e. The van der Waals surface area contributed by atoms with Crippen molar-refractivity contribution in [2.75, 3.05) is 5.32 Å². The number of nitrogens with one attached hydrogen (secondary N) is 1. The maximum absolute atomic E-state index is 12.3. The summed E-state index contributed by atoms with van der Waals surface area (Å²) in [6.07, 6.45) is 2.11. The molecule has 0 saturated heterocycles. The minimum Gasteiger partial charge on any atom is -0.409 e. The van der Waals surface area contributed by atoms with Crippen molar-refractivity contribution in [2.24, 2.45) is 16.3 Å². The number of aryl methyl sites for hydroxylation is 2. The van der Waals surface area contributed by atoms with Gasteiger partial charge in [-0.1, -0.05) is 11.6 Å². The highest BCUT2D eigenvalue weighted by Crippen LogP contribution is 2.42. The van der Waals surface area contributed by atoms with Crippen LogP contribution < -0.4 is 11.1 Å². The molecule has 1 aliphatic carbocycles. The summed E-state index contributed by atoms with van der Waals surface area (Å²) in [5, 5.41) is 14.6. The first kappa shape index (κ1) is 13.3. The molecular weight excluding hydrogens is 244 g/mol. The molecule has 0 bridgehead atoms. The fourth-order valence-corrected chi connectivity index (χ4v) is 2.29. The standard InChI is InChI=1S/C13H18N4O2/c1-8-4-5-10(9(2)15-8)16-12(18)13(6-3-7-13)11(14)17-19/h4-5,19H,3,6-7H2,1-2H3,(H2,14,17)(H,16,18). The second-order valence-electron chi connectivity index (χ2n) is 4.96. The summed E-state index contributed by atoms with van der Waals surface area (Å²) in [5.74, 6) is -0.253. The first-order chi connectivity index (χ1) is 8.99. The predicted molar refractivity (Wildman–Crippen MR) is 72.0 cm³/mol. The predicted octanol–water partition coefficient (Wildman–Crippen LogP) is 1.55. The number of nitrogens with zero attached hydrogens (tertiary/aromatic N) is 2. The third-order valence-corrected chi connectivity index (χ3v) is 3.71. The molecule has 4 N–H and O–H groups in total. The number of aromatic nitrogens is 1. The molecule has 1 fully saturated rings. The van der Waals surface area contributed by atoms with E-state index in [9.17, 15) is 4.79 Å². The molecule has 0 aliphatic heterocycles. The smallest absolute Gasteiger partial charge is 0.238 e. The van der Waals surface area contributed by atoms with E-state index < -0.39 is 5.41 Å². The summed E-state index contributed by atoms with van der Waals surface area (Å²) in [4.78, 5) is 16.6. The van der Waals surface area contributed by atoms with Gasteiger partial charge in [0.05, 0.1) is 11.4 Å². The van der Waals surface area contributed by atoms with Crippen molar-refractivity contribution in [3.05, 3.63) is 23.5 Å². The Labute approximate surface area is 111 Å². The quantitative estimate of drug-likeness (QED) is 0.333. The van der Waals surface area contributed by atoms with Gasteiger partial charge in [0.1, 0.15) is 5.41 Å². The number of carbonyl (C=O) groups excluding carboxylic acids is 1. The third kappa shape index (κ3) is 2.25. The number of hydrogen-bond acceptors (Lipinski definition) is 4. The van der Waals surface area contributed by atoms with Gasteiger partial charge in [0.15, 0.2) is 5.84 Å². The van der Waals surface area contributed by atoms with Crippen LogP contribution in [0.1, 0.15) is 30.7 Å². The van der Waals surface area contributed by atoms with Crippen molar-refractivity contribution in [3.63, 3.8) is 0 Å². The molecule has 0 spiro atoms. The van der Waals surface area contributed by atoms with Crippen LogP contribution in [0.3, 0.4) is 0 Å². The van der Waals surface area contributed by atoms with Crippen LogP contribution in [0.2, 0.25) is 0 Å². The van der Waals surface area contributed by atoms with E-state index in [-0.39, 0.29) is 11.7 Å². The van der Waals surface area contributed by atoms with Crippen LogP contribution in [0.25, 0.3) is 0 Å². The molecule has 0 unspecified atom stereocenters. The summed E-state index contributed by atoms with van der Waals surface area (Å²) < 4.78 is 0. The Morgan fingerprint density at radius 1 is 1.47 bits per heavy atom. The zero-order valence-corrected chi connectivity index (χ0v) is 11.1. The number of amides is 1. The maximum atomic E-state index is 12.3. The van der Waals surface area contributed by atoms with E-state index in [1.165, 1.54) is 0 Å². The summed E-state index contributed by atoms with van der Waals surface area (Å²) in [6.45, 7) is 3.72. The normalized spacial score (nSPS) is 17.7. The van der Waals surface area contributed by atoms with E-state index in [1.54, 1.807) is 0 Å². The van der Waals surface area contributed by atoms with Crippen LogP contribution in [0.4, 0.5) is 5.69 Å². The first-order valence-corrected chi connectivity index (χ1v) is 6.23. The molecule has 6 heteroatoms. The van der Waals surface area contributed by atoms with E-state index in [1.807, 2.05) is 26.0 Å². The summed E-state index contributed by atoms with van der Waals surface area (Å²) >= 11 is 0. The van der Waals surface area contributed by atoms with Crippen molar-refractivity contribution in [1.29, 1.82) is 0 Å². The second kappa shape index (κ2) is 4.87. The molecule has 1 saturated carbocycles. The number of amidine groups is 1. The first-order valence-electron chi connectivity index (χ1n) is 6.23. The molecule has 19 heavy (non-hydrogen) atoms. The molecule has 6 nitrogen and oxygen atoms in total. The lowest BCUT2D eigenvalue weighted by Crippen LogP contribution is -2.51. The van der Waals surface area contributed by atoms with Crippen LogP contribution >= 0.6 is 0 Å². The van der Waals surface area contributed by atoms with Crippen LogP contribution in [0.5, 0.6) is 0 Å². The second-order valence-corrected chi connectivity index (χ2v) is 4.96. The van der Waals surface area contributed by atoms with Gasteiger partial charge < -0.3 is 16.3 Å². The number of anilines is 1. The highest BCUT2D eigenvalue weighted by atomic mass is 16.4. The number of rotatable bonds is 3. The fraction of sp³-hybridized carbons (Fsp3) is 0.462. The van der Waals surface area contributed by atoms with Gasteiger partial charge in [-0.15, -0.1) is 0 Å². The Hall–Kier alpha value is -2.11. The number of hydrogen-bond donors (Lipinski definition) is 3. The Morgan fingerprint density at radius 3 is 2.63 bits per heavy atom. The minimum atomic E-state index is -0.869. The SMILES string of the molecule is Cc1ccc(NC(=O)C2(/C(N)=N/O)CCC2)c(C)n1. The topological polar surface area (TPSA) is 101 Å². The van der Waals surface area contributed by atoms with Crippen LogP contribution in [-0.4, -0.2) is 21.9 Å². The lowest BCUT2D eigenvalue weighted by molar-refractivity contribution is -0.125.